The first-order chi connectivity index (χ1) is 58.2. The lowest BCUT2D eigenvalue weighted by Crippen LogP contribution is -2.71. The van der Waals surface area contributed by atoms with Crippen LogP contribution < -0.4 is 21.3 Å². The third-order valence-electron chi connectivity index (χ3n) is 22.4. The molecule has 0 aromatic rings. The van der Waals surface area contributed by atoms with Gasteiger partial charge in [0.05, 0.1) is 66.1 Å². The highest BCUT2D eigenvalue weighted by molar-refractivity contribution is 5.74. The number of carbonyl (C=O) groups is 4. The number of hydrogen-bond donors (Lipinski definition) is 32. The monoisotopic (exact) mass is 1800 g/mol. The standard InChI is InChI=1S/C68H114N4O51/c1-15(80)69-29-42(93)53(24(10-78)108-59(29)104)118-62-32(72-18(4)83)43(94)54(25(11-79)114-62)119-68-52(103)58(123-67-51(102)57(121-61-31(71-17(3)82)41(92)34(85)20(6-74)110-61)39(90)27(116-67)13-106-64-48(99)45(96)36(87)22(8-76)112-64)55(120-60-30(70-16(2)81)40(91)33(84)19(5-73)109-60)28(117-68)14-107-65-50(101)56(122-66-49(100)46(97)37(88)23(9-77)113-66)38(89)26(115-65)12-105-63-47(98)44(95)35(86)21(7-75)111-63/h19-68,73-79,84-104H,5-14H2,1-4H3,(H,69,80)(H,70,81)(H,71,82)(H,72,83)/t19-,20-,21-,22-,23-,24-,25-,26-,27-,28-,29-,30+,31-,32-,33-,34-,35-,36-,37-,38-,39-,40-,41-,42-,43-,44+,45+,46+,47+,48+,49+,50+,51+,52+,53-,54-,55-,56+,57+,58-,59?,60?,61?,62+,63+,64+,65+,66-,67-,68+/m1/s1. The van der Waals surface area contributed by atoms with Crippen LogP contribution in [0.15, 0.2) is 0 Å². The minimum absolute atomic E-state index is 0.826. The SMILES string of the molecule is CC(=O)N[C@H]1[C@H](O[C@H]2[C@H](O)[C@@H](NC(C)=O)C(O)O[C@@H]2CO)O[C@H](CO)[C@@H](O[C@@H]2O[C@H](CO[C@H]3O[C@H](CO[C@H]4O[C@H](CO)[C@@H](O)[C@H](O)[C@@H]4O)[C@@H](O)[C@H](O[C@H]4O[C@H](CO)[C@@H](O)[C@H](O)[C@@H]4O)[C@@H]3O)[C@@H](OC3O[C@H](CO)[C@@H](O)[C@H](O)[C@@H]3NC(C)=O)[C@H](O[C@H]3O[C@H](CO[C@H]4O[C@H](CO)[C@@H](O)[C@H](O)[C@@H]4O)[C@@H](O)[C@H](OC4O[C@H](CO)[C@@H](O)[C@H](O)[C@H]4NC(C)=O)[C@@H]3O)[C@@H]2O)[C@@H]1O. The maximum Gasteiger partial charge on any atom is 0.217 e. The molecule has 0 radical (unpaired) electrons. The minimum atomic E-state index is -2.79. The fourth-order valence-corrected chi connectivity index (χ4v) is 15.8. The van der Waals surface area contributed by atoms with Crippen molar-refractivity contribution in [1.82, 2.24) is 21.3 Å². The molecule has 4 amide bonds. The highest BCUT2D eigenvalue weighted by Crippen LogP contribution is 2.41. The van der Waals surface area contributed by atoms with Gasteiger partial charge in [0, 0.05) is 27.7 Å². The molecule has 50 atom stereocenters. The molecule has 10 rings (SSSR count). The molecule has 10 saturated heterocycles. The Labute approximate surface area is 695 Å². The predicted molar refractivity (Wildman–Crippen MR) is 376 cm³/mol. The molecule has 0 bridgehead atoms. The van der Waals surface area contributed by atoms with Crippen LogP contribution in [-0.2, 0) is 109 Å². The van der Waals surface area contributed by atoms with Gasteiger partial charge in [-0.3, -0.25) is 19.2 Å². The third kappa shape index (κ3) is 22.6. The molecule has 123 heavy (non-hydrogen) atoms. The molecule has 32 N–H and O–H groups in total. The second-order valence-electron chi connectivity index (χ2n) is 31.1. The Kier molecular flexibility index (Phi) is 36.4. The number of nitrogens with one attached hydrogen (secondary N) is 4. The van der Waals surface area contributed by atoms with E-state index in [0.717, 1.165) is 27.7 Å². The van der Waals surface area contributed by atoms with Gasteiger partial charge in [-0.25, -0.2) is 0 Å². The van der Waals surface area contributed by atoms with Crippen molar-refractivity contribution in [1.29, 1.82) is 0 Å². The molecule has 10 aliphatic heterocycles. The number of carbonyl (C=O) groups excluding carboxylic acids is 4. The summed E-state index contributed by atoms with van der Waals surface area (Å²) in [6.07, 6.45) is -101. The third-order valence-corrected chi connectivity index (χ3v) is 22.4. The molecule has 0 aromatic carbocycles. The molecule has 55 heteroatoms. The topological polar surface area (TPSA) is 858 Å². The van der Waals surface area contributed by atoms with Crippen LogP contribution in [0, 0.1) is 0 Å². The van der Waals surface area contributed by atoms with Gasteiger partial charge < -0.3 is 254 Å². The lowest BCUT2D eigenvalue weighted by atomic mass is 9.93. The van der Waals surface area contributed by atoms with E-state index in [1.54, 1.807) is 0 Å². The molecule has 712 valence electrons. The van der Waals surface area contributed by atoms with Crippen LogP contribution in [0.3, 0.4) is 0 Å². The summed E-state index contributed by atoms with van der Waals surface area (Å²) < 4.78 is 114. The molecule has 0 saturated carbocycles. The smallest absolute Gasteiger partial charge is 0.217 e. The second kappa shape index (κ2) is 44.3. The molecule has 3 unspecified atom stereocenters. The van der Waals surface area contributed by atoms with Crippen molar-refractivity contribution in [3.8, 4) is 0 Å². The summed E-state index contributed by atoms with van der Waals surface area (Å²) in [6.45, 7) is -7.65. The van der Waals surface area contributed by atoms with Crippen LogP contribution in [-0.4, -0.2) is 539 Å². The summed E-state index contributed by atoms with van der Waals surface area (Å²) in [5.41, 5.74) is 0. The molecule has 55 nitrogen and oxygen atoms in total. The molecule has 0 aliphatic carbocycles. The zero-order valence-corrected chi connectivity index (χ0v) is 65.9. The summed E-state index contributed by atoms with van der Waals surface area (Å²) in [5, 5.41) is 323. The molecular formula is C68H114N4O51. The summed E-state index contributed by atoms with van der Waals surface area (Å²) >= 11 is 0. The van der Waals surface area contributed by atoms with Gasteiger partial charge in [-0.1, -0.05) is 0 Å². The first-order valence-corrected chi connectivity index (χ1v) is 39.1. The van der Waals surface area contributed by atoms with Crippen LogP contribution in [0.4, 0.5) is 0 Å². The van der Waals surface area contributed by atoms with Crippen LogP contribution in [0.5, 0.6) is 0 Å². The van der Waals surface area contributed by atoms with E-state index >= 15 is 0 Å². The molecule has 0 aromatic heterocycles. The maximum absolute atomic E-state index is 13.3. The Morgan fingerprint density at radius 1 is 0.211 bits per heavy atom. The Hall–Kier alpha value is -4.00. The summed E-state index contributed by atoms with van der Waals surface area (Å²) in [6, 6.07) is -7.70. The fraction of sp³-hybridized carbons (Fsp3) is 0.941. The Morgan fingerprint density at radius 2 is 0.447 bits per heavy atom. The van der Waals surface area contributed by atoms with Crippen molar-refractivity contribution in [2.24, 2.45) is 0 Å². The summed E-state index contributed by atoms with van der Waals surface area (Å²) in [4.78, 5) is 51.4. The number of aliphatic hydroxyl groups is 28. The van der Waals surface area contributed by atoms with Gasteiger partial charge in [0.2, 0.25) is 23.6 Å². The van der Waals surface area contributed by atoms with Crippen LogP contribution in [0.25, 0.3) is 0 Å². The van der Waals surface area contributed by atoms with Crippen molar-refractivity contribution in [3.05, 3.63) is 0 Å². The van der Waals surface area contributed by atoms with Gasteiger partial charge in [0.15, 0.2) is 62.9 Å². The van der Waals surface area contributed by atoms with Crippen LogP contribution in [0.2, 0.25) is 0 Å². The van der Waals surface area contributed by atoms with E-state index in [-0.39, 0.29) is 0 Å². The molecule has 10 fully saturated rings. The number of amides is 4. The average molecular weight is 1800 g/mol. The van der Waals surface area contributed by atoms with Gasteiger partial charge in [0.25, 0.3) is 0 Å². The average Bonchev–Trinajstić information content (AvgIpc) is 0.756. The first-order valence-electron chi connectivity index (χ1n) is 39.1. The van der Waals surface area contributed by atoms with E-state index in [9.17, 15) is 162 Å². The Morgan fingerprint density at radius 3 is 0.846 bits per heavy atom. The van der Waals surface area contributed by atoms with Crippen molar-refractivity contribution in [2.75, 3.05) is 66.1 Å². The van der Waals surface area contributed by atoms with Gasteiger partial charge >= 0.3 is 0 Å². The van der Waals surface area contributed by atoms with E-state index in [1.165, 1.54) is 0 Å². The second-order valence-corrected chi connectivity index (χ2v) is 31.1. The highest BCUT2D eigenvalue weighted by Gasteiger charge is 2.62. The first kappa shape index (κ1) is 101. The van der Waals surface area contributed by atoms with Crippen molar-refractivity contribution >= 4 is 23.6 Å². The maximum atomic E-state index is 13.3. The number of hydrogen-bond acceptors (Lipinski definition) is 51. The summed E-state index contributed by atoms with van der Waals surface area (Å²) in [7, 11) is 0. The molecule has 0 spiro atoms. The largest absolute Gasteiger partial charge is 0.394 e. The van der Waals surface area contributed by atoms with Gasteiger partial charge in [-0.15, -0.1) is 0 Å². The molecule has 10 heterocycles. The molecule has 10 aliphatic rings. The Balaban J connectivity index is 1.10. The summed E-state index contributed by atoms with van der Waals surface area (Å²) in [5.74, 6) is -3.79. The van der Waals surface area contributed by atoms with Crippen molar-refractivity contribution in [3.63, 3.8) is 0 Å². The molecular weight excluding hydrogens is 1690 g/mol. The zero-order valence-electron chi connectivity index (χ0n) is 65.9. The van der Waals surface area contributed by atoms with Gasteiger partial charge in [0.1, 0.15) is 244 Å². The van der Waals surface area contributed by atoms with Crippen molar-refractivity contribution < 1.29 is 252 Å². The number of aliphatic hydroxyl groups excluding tert-OH is 28. The predicted octanol–water partition coefficient (Wildman–Crippen LogP) is -22.2. The Bertz CT molecular complexity index is 3310. The van der Waals surface area contributed by atoms with E-state index in [1.807, 2.05) is 0 Å². The minimum Gasteiger partial charge on any atom is -0.394 e. The van der Waals surface area contributed by atoms with E-state index in [4.69, 9.17) is 90.0 Å². The van der Waals surface area contributed by atoms with Crippen molar-refractivity contribution in [2.45, 2.75) is 335 Å². The fourth-order valence-electron chi connectivity index (χ4n) is 15.8. The quantitative estimate of drug-likeness (QED) is 0.0297. The lowest BCUT2D eigenvalue weighted by molar-refractivity contribution is -0.405. The van der Waals surface area contributed by atoms with Crippen LogP contribution >= 0.6 is 0 Å². The van der Waals surface area contributed by atoms with E-state index < -0.39 is 397 Å². The van der Waals surface area contributed by atoms with E-state index in [2.05, 4.69) is 21.3 Å². The highest BCUT2D eigenvalue weighted by atomic mass is 16.8. The number of rotatable bonds is 32. The number of ether oxygens (including phenoxy) is 19. The van der Waals surface area contributed by atoms with E-state index in [0.29, 0.717) is 0 Å². The lowest BCUT2D eigenvalue weighted by Gasteiger charge is -2.52. The normalized spacial score (nSPS) is 49.4. The van der Waals surface area contributed by atoms with Gasteiger partial charge in [-0.05, 0) is 0 Å². The zero-order chi connectivity index (χ0) is 90.5. The van der Waals surface area contributed by atoms with Gasteiger partial charge in [-0.2, -0.15) is 0 Å². The van der Waals surface area contributed by atoms with Crippen LogP contribution in [0.1, 0.15) is 27.7 Å².